The van der Waals surface area contributed by atoms with E-state index in [9.17, 15) is 19.5 Å². The minimum Gasteiger partial charge on any atom is -0.480 e. The summed E-state index contributed by atoms with van der Waals surface area (Å²) in [5.74, 6) is -1.72. The van der Waals surface area contributed by atoms with Crippen LogP contribution < -0.4 is 10.6 Å². The first kappa shape index (κ1) is 24.0. The first-order chi connectivity index (χ1) is 16.7. The topological polar surface area (TPSA) is 126 Å². The second-order valence-corrected chi connectivity index (χ2v) is 8.62. The monoisotopic (exact) mass is 477 g/mol. The molecule has 0 saturated carbocycles. The predicted molar refractivity (Wildman–Crippen MR) is 129 cm³/mol. The van der Waals surface area contributed by atoms with Crippen molar-refractivity contribution in [3.8, 4) is 11.1 Å². The number of fused-ring (bicyclic) bond motifs is 3. The molecule has 1 atom stereocenters. The molecule has 2 aromatic carbocycles. The van der Waals surface area contributed by atoms with E-state index in [1.54, 1.807) is 19.0 Å². The highest BCUT2D eigenvalue weighted by atomic mass is 16.5. The Morgan fingerprint density at radius 2 is 1.69 bits per heavy atom. The van der Waals surface area contributed by atoms with Crippen molar-refractivity contribution in [2.45, 2.75) is 12.0 Å². The molecule has 182 valence electrons. The zero-order valence-corrected chi connectivity index (χ0v) is 19.7. The van der Waals surface area contributed by atoms with Crippen LogP contribution >= 0.6 is 0 Å². The molecule has 0 spiro atoms. The van der Waals surface area contributed by atoms with Crippen molar-refractivity contribution in [1.29, 1.82) is 0 Å². The van der Waals surface area contributed by atoms with Crippen LogP contribution in [0.25, 0.3) is 11.1 Å². The molecule has 1 aromatic heterocycles. The van der Waals surface area contributed by atoms with Crippen LogP contribution in [0.5, 0.6) is 0 Å². The van der Waals surface area contributed by atoms with Gasteiger partial charge < -0.3 is 20.1 Å². The van der Waals surface area contributed by atoms with Gasteiger partial charge in [0.1, 0.15) is 18.3 Å². The Balaban J connectivity index is 1.40. The smallest absolute Gasteiger partial charge is 0.412 e. The van der Waals surface area contributed by atoms with E-state index in [0.717, 1.165) is 22.3 Å². The number of carbonyl (C=O) groups is 3. The summed E-state index contributed by atoms with van der Waals surface area (Å²) < 4.78 is 6.78. The fourth-order valence-corrected chi connectivity index (χ4v) is 4.26. The van der Waals surface area contributed by atoms with Crippen LogP contribution in [0.15, 0.2) is 54.6 Å². The molecular formula is C25H27N5O5. The summed E-state index contributed by atoms with van der Waals surface area (Å²) in [4.78, 5) is 38.2. The standard InChI is InChI=1S/C25H27N5O5/c1-29(2)13-20(24(32)33)26-23(31)21-12-22(28-30(21)3)27-25(34)35-14-19-17-10-6-4-8-15(17)16-9-5-7-11-18(16)19/h4-12,19-20H,13-14H2,1-3H3,(H,26,31)(H,32,33)(H,27,28,34)/t20-/m0/s1. The van der Waals surface area contributed by atoms with Crippen LogP contribution in [0.1, 0.15) is 27.5 Å². The van der Waals surface area contributed by atoms with Gasteiger partial charge in [0.2, 0.25) is 0 Å². The van der Waals surface area contributed by atoms with Crippen LogP contribution in [-0.2, 0) is 16.6 Å². The lowest BCUT2D eigenvalue weighted by molar-refractivity contribution is -0.139. The van der Waals surface area contributed by atoms with E-state index < -0.39 is 24.0 Å². The molecule has 0 radical (unpaired) electrons. The van der Waals surface area contributed by atoms with E-state index in [-0.39, 0.29) is 30.6 Å². The third-order valence-corrected chi connectivity index (χ3v) is 5.84. The summed E-state index contributed by atoms with van der Waals surface area (Å²) in [6, 6.07) is 16.4. The number of aromatic nitrogens is 2. The normalized spacial score (nSPS) is 13.1. The maximum absolute atomic E-state index is 12.6. The summed E-state index contributed by atoms with van der Waals surface area (Å²) in [7, 11) is 4.95. The van der Waals surface area contributed by atoms with Crippen molar-refractivity contribution in [2.75, 3.05) is 32.6 Å². The number of nitrogens with zero attached hydrogens (tertiary/aromatic N) is 3. The lowest BCUT2D eigenvalue weighted by Gasteiger charge is -2.18. The molecule has 3 N–H and O–H groups in total. The number of benzene rings is 2. The van der Waals surface area contributed by atoms with Crippen molar-refractivity contribution >= 4 is 23.8 Å². The molecule has 1 aliphatic rings. The molecule has 10 nitrogen and oxygen atoms in total. The molecule has 0 fully saturated rings. The number of ether oxygens (including phenoxy) is 1. The highest BCUT2D eigenvalue weighted by Crippen LogP contribution is 2.44. The Labute approximate surface area is 202 Å². The van der Waals surface area contributed by atoms with Gasteiger partial charge in [0.05, 0.1) is 0 Å². The molecule has 0 saturated heterocycles. The number of aryl methyl sites for hydroxylation is 1. The summed E-state index contributed by atoms with van der Waals surface area (Å²) in [6.07, 6.45) is -0.701. The number of aliphatic carboxylic acids is 1. The summed E-state index contributed by atoms with van der Waals surface area (Å²) in [6.45, 7) is 0.272. The molecule has 0 aliphatic heterocycles. The van der Waals surface area contributed by atoms with Crippen molar-refractivity contribution < 1.29 is 24.2 Å². The van der Waals surface area contributed by atoms with Gasteiger partial charge in [-0.15, -0.1) is 0 Å². The number of carboxylic acids is 1. The average molecular weight is 478 g/mol. The quantitative estimate of drug-likeness (QED) is 0.455. The molecule has 4 rings (SSSR count). The minimum atomic E-state index is -1.15. The summed E-state index contributed by atoms with van der Waals surface area (Å²) in [5.41, 5.74) is 4.56. The van der Waals surface area contributed by atoms with Crippen LogP contribution in [-0.4, -0.2) is 71.0 Å². The van der Waals surface area contributed by atoms with E-state index in [2.05, 4.69) is 27.9 Å². The van der Waals surface area contributed by atoms with Gasteiger partial charge in [-0.1, -0.05) is 48.5 Å². The van der Waals surface area contributed by atoms with E-state index >= 15 is 0 Å². The number of anilines is 1. The third kappa shape index (κ3) is 5.17. The van der Waals surface area contributed by atoms with E-state index in [0.29, 0.717) is 0 Å². The lowest BCUT2D eigenvalue weighted by Crippen LogP contribution is -2.47. The zero-order chi connectivity index (χ0) is 25.1. The fourth-order valence-electron chi connectivity index (χ4n) is 4.26. The Hall–Kier alpha value is -4.18. The minimum absolute atomic E-state index is 0.0807. The van der Waals surface area contributed by atoms with Gasteiger partial charge in [0, 0.05) is 25.6 Å². The van der Waals surface area contributed by atoms with Crippen LogP contribution in [0.3, 0.4) is 0 Å². The maximum atomic E-state index is 12.6. The summed E-state index contributed by atoms with van der Waals surface area (Å²) in [5, 5.41) is 18.5. The van der Waals surface area contributed by atoms with Gasteiger partial charge in [0.25, 0.3) is 5.91 Å². The van der Waals surface area contributed by atoms with Gasteiger partial charge >= 0.3 is 12.1 Å². The highest BCUT2D eigenvalue weighted by Gasteiger charge is 2.29. The lowest BCUT2D eigenvalue weighted by atomic mass is 9.98. The van der Waals surface area contributed by atoms with Crippen molar-refractivity contribution in [3.05, 3.63) is 71.4 Å². The van der Waals surface area contributed by atoms with E-state index in [1.807, 2.05) is 36.4 Å². The largest absolute Gasteiger partial charge is 0.480 e. The second kappa shape index (κ2) is 9.98. The highest BCUT2D eigenvalue weighted by molar-refractivity contribution is 5.96. The fraction of sp³-hybridized carbons (Fsp3) is 0.280. The number of carboxylic acid groups (broad SMARTS) is 1. The summed E-state index contributed by atoms with van der Waals surface area (Å²) >= 11 is 0. The number of rotatable bonds is 8. The SMILES string of the molecule is CN(C)C[C@H](NC(=O)c1cc(NC(=O)OCC2c3ccccc3-c3ccccc32)nn1C)C(=O)O. The van der Waals surface area contributed by atoms with E-state index in [4.69, 9.17) is 4.74 Å². The number of hydrogen-bond acceptors (Lipinski definition) is 6. The predicted octanol–water partition coefficient (Wildman–Crippen LogP) is 2.53. The molecule has 1 aliphatic carbocycles. The van der Waals surface area contributed by atoms with Gasteiger partial charge in [-0.05, 0) is 36.3 Å². The average Bonchev–Trinajstić information content (AvgIpc) is 3.34. The van der Waals surface area contributed by atoms with Crippen molar-refractivity contribution in [1.82, 2.24) is 20.0 Å². The number of likely N-dealkylation sites (N-methyl/N-ethyl adjacent to an activating group) is 1. The number of nitrogens with one attached hydrogen (secondary N) is 2. The molecule has 1 heterocycles. The Bertz CT molecular complexity index is 1220. The van der Waals surface area contributed by atoms with Crippen LogP contribution in [0.2, 0.25) is 0 Å². The number of hydrogen-bond donors (Lipinski definition) is 3. The zero-order valence-electron chi connectivity index (χ0n) is 19.7. The molecule has 3 aromatic rings. The molecule has 2 amide bonds. The van der Waals surface area contributed by atoms with E-state index in [1.165, 1.54) is 17.8 Å². The third-order valence-electron chi connectivity index (χ3n) is 5.84. The van der Waals surface area contributed by atoms with Gasteiger partial charge in [-0.25, -0.2) is 9.59 Å². The van der Waals surface area contributed by atoms with Crippen molar-refractivity contribution in [3.63, 3.8) is 0 Å². The molecular weight excluding hydrogens is 450 g/mol. The first-order valence-electron chi connectivity index (χ1n) is 11.1. The van der Waals surface area contributed by atoms with Gasteiger partial charge in [-0.3, -0.25) is 14.8 Å². The Morgan fingerprint density at radius 3 is 2.26 bits per heavy atom. The first-order valence-corrected chi connectivity index (χ1v) is 11.1. The maximum Gasteiger partial charge on any atom is 0.412 e. The molecule has 0 bridgehead atoms. The molecule has 35 heavy (non-hydrogen) atoms. The van der Waals surface area contributed by atoms with Gasteiger partial charge in [0.15, 0.2) is 5.82 Å². The number of carbonyl (C=O) groups excluding carboxylic acids is 2. The molecule has 0 unspecified atom stereocenters. The van der Waals surface area contributed by atoms with Crippen molar-refractivity contribution in [2.24, 2.45) is 7.05 Å². The number of amides is 2. The Kier molecular flexibility index (Phi) is 6.83. The second-order valence-electron chi connectivity index (χ2n) is 8.62. The van der Waals surface area contributed by atoms with Crippen LogP contribution in [0, 0.1) is 0 Å². The molecule has 10 heteroatoms. The van der Waals surface area contributed by atoms with Crippen LogP contribution in [0.4, 0.5) is 10.6 Å². The Morgan fingerprint density at radius 1 is 1.09 bits per heavy atom. The van der Waals surface area contributed by atoms with Gasteiger partial charge in [-0.2, -0.15) is 5.10 Å².